The number of anilines is 1. The third kappa shape index (κ3) is 2.96. The second-order valence-electron chi connectivity index (χ2n) is 4.21. The minimum absolute atomic E-state index is 0.0927. The van der Waals surface area contributed by atoms with E-state index < -0.39 is 0 Å². The van der Waals surface area contributed by atoms with Crippen LogP contribution in [0.15, 0.2) is 34.1 Å². The quantitative estimate of drug-likeness (QED) is 0.636. The van der Waals surface area contributed by atoms with E-state index in [1.807, 2.05) is 24.4 Å². The van der Waals surface area contributed by atoms with Crippen molar-refractivity contribution < 1.29 is 4.92 Å². The van der Waals surface area contributed by atoms with Gasteiger partial charge in [0.2, 0.25) is 0 Å². The number of hydrogen-bond donors (Lipinski definition) is 1. The lowest BCUT2D eigenvalue weighted by atomic mass is 10.1. The molecule has 100 valence electrons. The molecule has 0 saturated carbocycles. The van der Waals surface area contributed by atoms with Gasteiger partial charge >= 0.3 is 0 Å². The molecule has 1 N–H and O–H groups in total. The van der Waals surface area contributed by atoms with E-state index in [1.54, 1.807) is 24.3 Å². The summed E-state index contributed by atoms with van der Waals surface area (Å²) < 4.78 is 1.06. The number of nitrogens with zero attached hydrogens (tertiary/aromatic N) is 1. The second-order valence-corrected chi connectivity index (χ2v) is 6.01. The fraction of sp³-hybridized carbons (Fsp3) is 0.231. The zero-order valence-electron chi connectivity index (χ0n) is 10.5. The number of benzene rings is 1. The Morgan fingerprint density at radius 1 is 1.42 bits per heavy atom. The first-order valence-corrected chi connectivity index (χ1v) is 7.41. The first kappa shape index (κ1) is 14.0. The van der Waals surface area contributed by atoms with Gasteiger partial charge < -0.3 is 5.32 Å². The summed E-state index contributed by atoms with van der Waals surface area (Å²) in [5.74, 6) is 0. The van der Waals surface area contributed by atoms with Crippen LogP contribution in [0, 0.1) is 17.0 Å². The van der Waals surface area contributed by atoms with Crippen molar-refractivity contribution in [3.63, 3.8) is 0 Å². The Hall–Kier alpha value is -1.40. The molecule has 0 amide bonds. The first-order valence-electron chi connectivity index (χ1n) is 5.74. The van der Waals surface area contributed by atoms with Crippen LogP contribution < -0.4 is 5.32 Å². The normalized spacial score (nSPS) is 12.2. The molecule has 0 saturated heterocycles. The molecule has 0 aliphatic carbocycles. The molecular formula is C13H13BrN2O2S. The summed E-state index contributed by atoms with van der Waals surface area (Å²) in [4.78, 5) is 11.7. The SMILES string of the molecule is Cc1c(NC(C)c2sccc2Br)cccc1[N+](=O)[O-]. The van der Waals surface area contributed by atoms with Crippen LogP contribution in [-0.2, 0) is 0 Å². The molecule has 1 aromatic carbocycles. The molecular weight excluding hydrogens is 328 g/mol. The minimum Gasteiger partial charge on any atom is -0.377 e. The molecule has 0 spiro atoms. The molecule has 0 aliphatic heterocycles. The molecule has 1 aromatic heterocycles. The van der Waals surface area contributed by atoms with Crippen molar-refractivity contribution in [1.29, 1.82) is 0 Å². The molecule has 6 heteroatoms. The van der Waals surface area contributed by atoms with Gasteiger partial charge in [-0.2, -0.15) is 0 Å². The Balaban J connectivity index is 2.27. The lowest BCUT2D eigenvalue weighted by Gasteiger charge is -2.16. The van der Waals surface area contributed by atoms with Crippen molar-refractivity contribution in [3.8, 4) is 0 Å². The number of rotatable bonds is 4. The van der Waals surface area contributed by atoms with Gasteiger partial charge in [-0.05, 0) is 47.3 Å². The van der Waals surface area contributed by atoms with Gasteiger partial charge in [-0.15, -0.1) is 11.3 Å². The minimum atomic E-state index is -0.355. The van der Waals surface area contributed by atoms with Crippen molar-refractivity contribution in [3.05, 3.63) is 54.7 Å². The summed E-state index contributed by atoms with van der Waals surface area (Å²) in [5, 5.41) is 16.3. The third-order valence-corrected chi connectivity index (χ3v) is 4.97. The molecule has 0 bridgehead atoms. The lowest BCUT2D eigenvalue weighted by molar-refractivity contribution is -0.385. The summed E-state index contributed by atoms with van der Waals surface area (Å²) in [7, 11) is 0. The molecule has 0 radical (unpaired) electrons. The van der Waals surface area contributed by atoms with Crippen LogP contribution in [0.1, 0.15) is 23.4 Å². The van der Waals surface area contributed by atoms with E-state index in [-0.39, 0.29) is 16.7 Å². The number of nitrogens with one attached hydrogen (secondary N) is 1. The highest BCUT2D eigenvalue weighted by Gasteiger charge is 2.16. The van der Waals surface area contributed by atoms with Crippen LogP contribution in [0.4, 0.5) is 11.4 Å². The monoisotopic (exact) mass is 340 g/mol. The Labute approximate surface area is 123 Å². The van der Waals surface area contributed by atoms with Gasteiger partial charge in [-0.3, -0.25) is 10.1 Å². The van der Waals surface area contributed by atoms with Crippen LogP contribution >= 0.6 is 27.3 Å². The maximum absolute atomic E-state index is 10.9. The number of thiophene rings is 1. The maximum Gasteiger partial charge on any atom is 0.274 e. The molecule has 4 nitrogen and oxygen atoms in total. The van der Waals surface area contributed by atoms with Gasteiger partial charge in [0.25, 0.3) is 5.69 Å². The van der Waals surface area contributed by atoms with E-state index in [0.717, 1.165) is 10.2 Å². The van der Waals surface area contributed by atoms with Gasteiger partial charge in [0.15, 0.2) is 0 Å². The standard InChI is InChI=1S/C13H13BrN2O2S/c1-8-11(4-3-5-12(8)16(17)18)15-9(2)13-10(14)6-7-19-13/h3-7,9,15H,1-2H3. The molecule has 1 unspecified atom stereocenters. The molecule has 0 aliphatic rings. The maximum atomic E-state index is 10.9. The average Bonchev–Trinajstić information content (AvgIpc) is 2.77. The summed E-state index contributed by atoms with van der Waals surface area (Å²) in [5.41, 5.74) is 1.59. The third-order valence-electron chi connectivity index (χ3n) is 2.91. The Bertz CT molecular complexity index is 612. The smallest absolute Gasteiger partial charge is 0.274 e. The van der Waals surface area contributed by atoms with Gasteiger partial charge in [-0.25, -0.2) is 0 Å². The van der Waals surface area contributed by atoms with Crippen molar-refractivity contribution >= 4 is 38.6 Å². The average molecular weight is 341 g/mol. The summed E-state index contributed by atoms with van der Waals surface area (Å²) in [6.07, 6.45) is 0. The van der Waals surface area contributed by atoms with Gasteiger partial charge in [0.1, 0.15) is 0 Å². The van der Waals surface area contributed by atoms with E-state index in [2.05, 4.69) is 21.2 Å². The molecule has 2 rings (SSSR count). The topological polar surface area (TPSA) is 55.2 Å². The van der Waals surface area contributed by atoms with Crippen molar-refractivity contribution in [2.75, 3.05) is 5.32 Å². The summed E-state index contributed by atoms with van der Waals surface area (Å²) >= 11 is 5.15. The van der Waals surface area contributed by atoms with Crippen molar-refractivity contribution in [2.24, 2.45) is 0 Å². The zero-order chi connectivity index (χ0) is 14.0. The van der Waals surface area contributed by atoms with Crippen LogP contribution in [0.3, 0.4) is 0 Å². The number of hydrogen-bond acceptors (Lipinski definition) is 4. The highest BCUT2D eigenvalue weighted by Crippen LogP contribution is 2.33. The second kappa shape index (κ2) is 5.71. The van der Waals surface area contributed by atoms with Gasteiger partial charge in [0.05, 0.1) is 11.0 Å². The van der Waals surface area contributed by atoms with Gasteiger partial charge in [0, 0.05) is 26.7 Å². The molecule has 1 atom stereocenters. The zero-order valence-corrected chi connectivity index (χ0v) is 12.9. The highest BCUT2D eigenvalue weighted by atomic mass is 79.9. The van der Waals surface area contributed by atoms with Crippen LogP contribution in [0.2, 0.25) is 0 Å². The Kier molecular flexibility index (Phi) is 4.21. The van der Waals surface area contributed by atoms with Crippen LogP contribution in [-0.4, -0.2) is 4.92 Å². The number of nitro benzene ring substituents is 1. The van der Waals surface area contributed by atoms with E-state index in [9.17, 15) is 10.1 Å². The Morgan fingerprint density at radius 3 is 2.74 bits per heavy atom. The number of nitro groups is 1. The predicted octanol–water partition coefficient (Wildman–Crippen LogP) is 4.90. The number of halogens is 1. The van der Waals surface area contributed by atoms with Crippen LogP contribution in [0.25, 0.3) is 0 Å². The fourth-order valence-corrected chi connectivity index (χ4v) is 3.62. The Morgan fingerprint density at radius 2 is 2.16 bits per heavy atom. The largest absolute Gasteiger partial charge is 0.377 e. The summed E-state index contributed by atoms with van der Waals surface area (Å²) in [6.45, 7) is 3.80. The first-order chi connectivity index (χ1) is 9.00. The molecule has 19 heavy (non-hydrogen) atoms. The summed E-state index contributed by atoms with van der Waals surface area (Å²) in [6, 6.07) is 7.17. The van der Waals surface area contributed by atoms with E-state index in [1.165, 1.54) is 10.9 Å². The van der Waals surface area contributed by atoms with Crippen molar-refractivity contribution in [1.82, 2.24) is 0 Å². The molecule has 2 aromatic rings. The fourth-order valence-electron chi connectivity index (χ4n) is 1.89. The van der Waals surface area contributed by atoms with Crippen LogP contribution in [0.5, 0.6) is 0 Å². The lowest BCUT2D eigenvalue weighted by Crippen LogP contribution is -2.07. The van der Waals surface area contributed by atoms with Gasteiger partial charge in [-0.1, -0.05) is 6.07 Å². The van der Waals surface area contributed by atoms with E-state index >= 15 is 0 Å². The molecule has 1 heterocycles. The predicted molar refractivity (Wildman–Crippen MR) is 81.9 cm³/mol. The van der Waals surface area contributed by atoms with Crippen molar-refractivity contribution in [2.45, 2.75) is 19.9 Å². The highest BCUT2D eigenvalue weighted by molar-refractivity contribution is 9.10. The van der Waals surface area contributed by atoms with E-state index in [4.69, 9.17) is 0 Å². The molecule has 0 fully saturated rings. The van der Waals surface area contributed by atoms with E-state index in [0.29, 0.717) is 5.56 Å².